The van der Waals surface area contributed by atoms with Crippen LogP contribution in [0.1, 0.15) is 52.9 Å². The summed E-state index contributed by atoms with van der Waals surface area (Å²) < 4.78 is 5.18. The molecule has 2 unspecified atom stereocenters. The van der Waals surface area contributed by atoms with E-state index in [9.17, 15) is 4.79 Å². The first-order chi connectivity index (χ1) is 6.57. The Balaban J connectivity index is 3.45. The van der Waals surface area contributed by atoms with Gasteiger partial charge in [-0.05, 0) is 26.7 Å². The van der Waals surface area contributed by atoms with Crippen LogP contribution in [0.2, 0.25) is 0 Å². The molecule has 0 saturated carbocycles. The monoisotopic (exact) mass is 218 g/mol. The highest BCUT2D eigenvalue weighted by Crippen LogP contribution is 2.09. The second-order valence-corrected chi connectivity index (χ2v) is 4.55. The SMILES string of the molecule is CCCCCCC(C)OC(=O)C(C)S. The third-order valence-corrected chi connectivity index (χ3v) is 2.33. The highest BCUT2D eigenvalue weighted by Gasteiger charge is 2.12. The number of carbonyl (C=O) groups excluding carboxylic acids is 1. The molecule has 0 rings (SSSR count). The summed E-state index contributed by atoms with van der Waals surface area (Å²) in [4.78, 5) is 11.1. The largest absolute Gasteiger partial charge is 0.462 e. The Morgan fingerprint density at radius 2 is 1.93 bits per heavy atom. The number of carbonyl (C=O) groups is 1. The van der Waals surface area contributed by atoms with E-state index >= 15 is 0 Å². The van der Waals surface area contributed by atoms with Crippen molar-refractivity contribution < 1.29 is 9.53 Å². The van der Waals surface area contributed by atoms with Crippen molar-refractivity contribution in [1.29, 1.82) is 0 Å². The second-order valence-electron chi connectivity index (χ2n) is 3.77. The molecule has 0 radical (unpaired) electrons. The van der Waals surface area contributed by atoms with Gasteiger partial charge in [0, 0.05) is 0 Å². The molecular weight excluding hydrogens is 196 g/mol. The maximum Gasteiger partial charge on any atom is 0.318 e. The van der Waals surface area contributed by atoms with Crippen molar-refractivity contribution >= 4 is 18.6 Å². The van der Waals surface area contributed by atoms with Crippen LogP contribution in [0.5, 0.6) is 0 Å². The van der Waals surface area contributed by atoms with Gasteiger partial charge in [-0.1, -0.05) is 26.2 Å². The predicted molar refractivity (Wildman–Crippen MR) is 62.8 cm³/mol. The Kier molecular flexibility index (Phi) is 8.05. The van der Waals surface area contributed by atoms with Crippen LogP contribution in [-0.2, 0) is 9.53 Å². The van der Waals surface area contributed by atoms with Crippen molar-refractivity contribution in [3.05, 3.63) is 0 Å². The molecule has 0 aliphatic carbocycles. The summed E-state index contributed by atoms with van der Waals surface area (Å²) in [5, 5.41) is -0.312. The molecule has 0 amide bonds. The molecule has 0 spiro atoms. The lowest BCUT2D eigenvalue weighted by atomic mass is 10.1. The summed E-state index contributed by atoms with van der Waals surface area (Å²) >= 11 is 4.02. The summed E-state index contributed by atoms with van der Waals surface area (Å²) in [5.41, 5.74) is 0. The van der Waals surface area contributed by atoms with Gasteiger partial charge in [-0.3, -0.25) is 4.79 Å². The van der Waals surface area contributed by atoms with Crippen LogP contribution in [0.15, 0.2) is 0 Å². The number of hydrogen-bond acceptors (Lipinski definition) is 3. The molecular formula is C11H22O2S. The molecule has 3 heteroatoms. The molecule has 0 fully saturated rings. The van der Waals surface area contributed by atoms with Crippen LogP contribution in [0, 0.1) is 0 Å². The van der Waals surface area contributed by atoms with E-state index in [1.807, 2.05) is 6.92 Å². The first-order valence-electron chi connectivity index (χ1n) is 5.46. The standard InChI is InChI=1S/C11H22O2S/c1-4-5-6-7-8-9(2)13-11(12)10(3)14/h9-10,14H,4-8H2,1-3H3. The van der Waals surface area contributed by atoms with E-state index < -0.39 is 0 Å². The quantitative estimate of drug-likeness (QED) is 0.403. The van der Waals surface area contributed by atoms with Gasteiger partial charge in [0.2, 0.25) is 0 Å². The maximum atomic E-state index is 11.1. The number of hydrogen-bond donors (Lipinski definition) is 1. The number of ether oxygens (including phenoxy) is 1. The fourth-order valence-corrected chi connectivity index (χ4v) is 1.28. The van der Waals surface area contributed by atoms with Crippen molar-refractivity contribution in [2.45, 2.75) is 64.2 Å². The Bertz CT molecular complexity index is 157. The summed E-state index contributed by atoms with van der Waals surface area (Å²) in [6, 6.07) is 0. The summed E-state index contributed by atoms with van der Waals surface area (Å²) in [7, 11) is 0. The lowest BCUT2D eigenvalue weighted by molar-refractivity contribution is -0.147. The van der Waals surface area contributed by atoms with Crippen LogP contribution >= 0.6 is 12.6 Å². The first-order valence-corrected chi connectivity index (χ1v) is 5.98. The zero-order valence-corrected chi connectivity index (χ0v) is 10.3. The van der Waals surface area contributed by atoms with E-state index in [1.165, 1.54) is 19.3 Å². The number of unbranched alkanes of at least 4 members (excludes halogenated alkanes) is 3. The van der Waals surface area contributed by atoms with Crippen LogP contribution in [0.4, 0.5) is 0 Å². The number of thiol groups is 1. The van der Waals surface area contributed by atoms with E-state index in [1.54, 1.807) is 6.92 Å². The molecule has 2 atom stereocenters. The molecule has 0 saturated heterocycles. The van der Waals surface area contributed by atoms with Gasteiger partial charge in [0.1, 0.15) is 0 Å². The average Bonchev–Trinajstić information content (AvgIpc) is 2.12. The van der Waals surface area contributed by atoms with Crippen LogP contribution < -0.4 is 0 Å². The molecule has 0 N–H and O–H groups in total. The molecule has 0 aromatic heterocycles. The van der Waals surface area contributed by atoms with Crippen molar-refractivity contribution in [3.63, 3.8) is 0 Å². The summed E-state index contributed by atoms with van der Waals surface area (Å²) in [5.74, 6) is -0.212. The van der Waals surface area contributed by atoms with Crippen molar-refractivity contribution in [2.75, 3.05) is 0 Å². The Labute approximate surface area is 92.8 Å². The number of esters is 1. The zero-order chi connectivity index (χ0) is 11.0. The Morgan fingerprint density at radius 3 is 2.43 bits per heavy atom. The molecule has 0 aliphatic rings. The van der Waals surface area contributed by atoms with Crippen molar-refractivity contribution in [2.24, 2.45) is 0 Å². The van der Waals surface area contributed by atoms with Crippen molar-refractivity contribution in [1.82, 2.24) is 0 Å². The van der Waals surface area contributed by atoms with Crippen LogP contribution in [0.3, 0.4) is 0 Å². The van der Waals surface area contributed by atoms with Gasteiger partial charge in [-0.25, -0.2) is 0 Å². The fraction of sp³-hybridized carbons (Fsp3) is 0.909. The molecule has 0 bridgehead atoms. The maximum absolute atomic E-state index is 11.1. The van der Waals surface area contributed by atoms with Crippen LogP contribution in [-0.4, -0.2) is 17.3 Å². The number of rotatable bonds is 7. The van der Waals surface area contributed by atoms with Crippen molar-refractivity contribution in [3.8, 4) is 0 Å². The topological polar surface area (TPSA) is 26.3 Å². The molecule has 84 valence electrons. The van der Waals surface area contributed by atoms with E-state index in [0.717, 1.165) is 12.8 Å². The van der Waals surface area contributed by atoms with E-state index in [0.29, 0.717) is 0 Å². The Hall–Kier alpha value is -0.180. The Morgan fingerprint density at radius 1 is 1.29 bits per heavy atom. The highest BCUT2D eigenvalue weighted by atomic mass is 32.1. The molecule has 14 heavy (non-hydrogen) atoms. The summed E-state index contributed by atoms with van der Waals surface area (Å²) in [6.45, 7) is 5.86. The summed E-state index contributed by atoms with van der Waals surface area (Å²) in [6.07, 6.45) is 5.88. The normalized spacial score (nSPS) is 14.9. The zero-order valence-electron chi connectivity index (χ0n) is 9.45. The highest BCUT2D eigenvalue weighted by molar-refractivity contribution is 7.81. The minimum atomic E-state index is -0.312. The first kappa shape index (κ1) is 13.8. The third-order valence-electron chi connectivity index (χ3n) is 2.12. The minimum absolute atomic E-state index is 0.0361. The second kappa shape index (κ2) is 8.16. The molecule has 0 heterocycles. The predicted octanol–water partition coefficient (Wildman–Crippen LogP) is 3.21. The van der Waals surface area contributed by atoms with Crippen LogP contribution in [0.25, 0.3) is 0 Å². The molecule has 0 aromatic carbocycles. The van der Waals surface area contributed by atoms with Gasteiger partial charge in [0.25, 0.3) is 0 Å². The molecule has 0 aromatic rings. The lowest BCUT2D eigenvalue weighted by Gasteiger charge is -2.14. The minimum Gasteiger partial charge on any atom is -0.462 e. The average molecular weight is 218 g/mol. The van der Waals surface area contributed by atoms with Gasteiger partial charge in [-0.2, -0.15) is 12.6 Å². The van der Waals surface area contributed by atoms with E-state index in [-0.39, 0.29) is 17.3 Å². The lowest BCUT2D eigenvalue weighted by Crippen LogP contribution is -2.20. The molecule has 0 aliphatic heterocycles. The van der Waals surface area contributed by atoms with E-state index in [2.05, 4.69) is 19.6 Å². The van der Waals surface area contributed by atoms with Gasteiger partial charge < -0.3 is 4.74 Å². The van der Waals surface area contributed by atoms with E-state index in [4.69, 9.17) is 4.74 Å². The fourth-order valence-electron chi connectivity index (χ4n) is 1.21. The van der Waals surface area contributed by atoms with Gasteiger partial charge >= 0.3 is 5.97 Å². The third kappa shape index (κ3) is 7.25. The smallest absolute Gasteiger partial charge is 0.318 e. The molecule has 2 nitrogen and oxygen atoms in total. The van der Waals surface area contributed by atoms with Gasteiger partial charge in [0.15, 0.2) is 0 Å². The van der Waals surface area contributed by atoms with Gasteiger partial charge in [0.05, 0.1) is 11.4 Å². The van der Waals surface area contributed by atoms with Gasteiger partial charge in [-0.15, -0.1) is 0 Å².